The van der Waals surface area contributed by atoms with Gasteiger partial charge in [0.2, 0.25) is 0 Å². The van der Waals surface area contributed by atoms with Gasteiger partial charge in [-0.15, -0.1) is 0 Å². The molecule has 8 atom stereocenters. The van der Waals surface area contributed by atoms with Crippen LogP contribution in [0.5, 0.6) is 0 Å². The van der Waals surface area contributed by atoms with Gasteiger partial charge in [0.15, 0.2) is 5.78 Å². The molecule has 0 radical (unpaired) electrons. The Kier molecular flexibility index (Phi) is 4.75. The van der Waals surface area contributed by atoms with Gasteiger partial charge in [-0.25, -0.2) is 0 Å². The summed E-state index contributed by atoms with van der Waals surface area (Å²) in [6.07, 6.45) is 4.89. The first-order valence-corrected chi connectivity index (χ1v) is 11.9. The van der Waals surface area contributed by atoms with Crippen molar-refractivity contribution in [3.63, 3.8) is 0 Å². The molecule has 7 heteroatoms. The monoisotopic (exact) mass is 446 g/mol. The highest BCUT2D eigenvalue weighted by Gasteiger charge is 2.75. The molecule has 4 aliphatic carbocycles. The molecular weight excluding hydrogens is 412 g/mol. The number of fused-ring (bicyclic) bond motifs is 6. The van der Waals surface area contributed by atoms with Crippen LogP contribution >= 0.6 is 0 Å². The molecule has 1 spiro atoms. The Morgan fingerprint density at radius 1 is 1.22 bits per heavy atom. The second kappa shape index (κ2) is 6.89. The summed E-state index contributed by atoms with van der Waals surface area (Å²) in [6, 6.07) is 0. The third kappa shape index (κ3) is 2.58. The van der Waals surface area contributed by atoms with Gasteiger partial charge in [0.1, 0.15) is 11.2 Å². The first kappa shape index (κ1) is 22.1. The second-order valence-corrected chi connectivity index (χ2v) is 11.3. The van der Waals surface area contributed by atoms with E-state index >= 15 is 0 Å². The third-order valence-corrected chi connectivity index (χ3v) is 10.3. The summed E-state index contributed by atoms with van der Waals surface area (Å²) >= 11 is 0. The predicted molar refractivity (Wildman–Crippen MR) is 113 cm³/mol. The number of aliphatic hydroxyl groups is 2. The van der Waals surface area contributed by atoms with Crippen molar-refractivity contribution in [2.45, 2.75) is 88.9 Å². The Hall–Kier alpha value is -1.73. The summed E-state index contributed by atoms with van der Waals surface area (Å²) in [7, 11) is 1.35. The molecule has 0 amide bonds. The second-order valence-electron chi connectivity index (χ2n) is 11.3. The molecule has 0 aromatic heterocycles. The topological polar surface area (TPSA) is 110 Å². The van der Waals surface area contributed by atoms with E-state index < -0.39 is 28.1 Å². The lowest BCUT2D eigenvalue weighted by Gasteiger charge is -2.66. The van der Waals surface area contributed by atoms with Crippen molar-refractivity contribution in [2.75, 3.05) is 7.11 Å². The van der Waals surface area contributed by atoms with Crippen LogP contribution in [-0.4, -0.2) is 52.4 Å². The Morgan fingerprint density at radius 3 is 2.62 bits per heavy atom. The van der Waals surface area contributed by atoms with E-state index in [0.717, 1.165) is 12.0 Å². The molecule has 1 aliphatic heterocycles. The summed E-state index contributed by atoms with van der Waals surface area (Å²) < 4.78 is 10.9. The van der Waals surface area contributed by atoms with Crippen molar-refractivity contribution in [2.24, 2.45) is 28.6 Å². The number of hydrogen-bond donors (Lipinski definition) is 2. The highest BCUT2D eigenvalue weighted by atomic mass is 16.6. The Bertz CT molecular complexity index is 910. The standard InChI is InChI=1S/C25H34O7/c1-22-7-4-16(26)12-15(22)10-14(11-20(29)31-3)21-17-5-8-24(9-6-19(28)32-24)23(17,2)13-18(27)25(21,22)30/h12,14,17-18,21,27,30H,4-11,13H2,1-3H3/t14-,17?,18-,21?,22-,23-,24+,25+/m0/s1. The van der Waals surface area contributed by atoms with Crippen molar-refractivity contribution >= 4 is 17.7 Å². The van der Waals surface area contributed by atoms with Crippen LogP contribution in [0.15, 0.2) is 11.6 Å². The van der Waals surface area contributed by atoms with E-state index in [1.807, 2.05) is 6.92 Å². The average Bonchev–Trinajstić information content (AvgIpc) is 3.25. The first-order valence-electron chi connectivity index (χ1n) is 11.9. The molecule has 2 unspecified atom stereocenters. The molecule has 1 saturated heterocycles. The zero-order chi connectivity index (χ0) is 23.1. The maximum absolute atomic E-state index is 12.4. The summed E-state index contributed by atoms with van der Waals surface area (Å²) in [5.74, 6) is -1.14. The van der Waals surface area contributed by atoms with Crippen LogP contribution in [-0.2, 0) is 23.9 Å². The first-order chi connectivity index (χ1) is 15.0. The molecular formula is C25H34O7. The molecule has 3 saturated carbocycles. The van der Waals surface area contributed by atoms with Gasteiger partial charge >= 0.3 is 11.9 Å². The Balaban J connectivity index is 1.64. The van der Waals surface area contributed by atoms with Crippen LogP contribution in [0.3, 0.4) is 0 Å². The third-order valence-electron chi connectivity index (χ3n) is 10.3. The summed E-state index contributed by atoms with van der Waals surface area (Å²) in [4.78, 5) is 36.8. The molecule has 0 aromatic rings. The highest BCUT2D eigenvalue weighted by molar-refractivity contribution is 5.91. The SMILES string of the molecule is COC(=O)C[C@@H]1CC2=CC(=O)CC[C@]2(C)[C@]2(O)C1C1CC[C@@]3(CCC(=O)O3)[C@@]1(C)C[C@@H]2O. The van der Waals surface area contributed by atoms with E-state index in [-0.39, 0.29) is 41.9 Å². The molecule has 176 valence electrons. The minimum Gasteiger partial charge on any atom is -0.469 e. The van der Waals surface area contributed by atoms with Crippen molar-refractivity contribution < 1.29 is 34.1 Å². The molecule has 5 aliphatic rings. The smallest absolute Gasteiger partial charge is 0.306 e. The maximum Gasteiger partial charge on any atom is 0.306 e. The number of carbonyl (C=O) groups excluding carboxylic acids is 3. The quantitative estimate of drug-likeness (QED) is 0.627. The number of carbonyl (C=O) groups is 3. The van der Waals surface area contributed by atoms with Crippen LogP contribution < -0.4 is 0 Å². The van der Waals surface area contributed by atoms with Gasteiger partial charge in [-0.1, -0.05) is 19.4 Å². The van der Waals surface area contributed by atoms with Crippen molar-refractivity contribution in [1.29, 1.82) is 0 Å². The fourth-order valence-corrected chi connectivity index (χ4v) is 8.56. The number of esters is 2. The minimum absolute atomic E-state index is 0.00698. The normalized spacial score (nSPS) is 49.7. The van der Waals surface area contributed by atoms with Gasteiger partial charge < -0.3 is 19.7 Å². The Morgan fingerprint density at radius 2 is 1.97 bits per heavy atom. The average molecular weight is 447 g/mol. The van der Waals surface area contributed by atoms with Gasteiger partial charge in [0, 0.05) is 30.1 Å². The summed E-state index contributed by atoms with van der Waals surface area (Å²) in [5.41, 5.74) is -2.46. The highest BCUT2D eigenvalue weighted by Crippen LogP contribution is 2.72. The van der Waals surface area contributed by atoms with Crippen molar-refractivity contribution in [1.82, 2.24) is 0 Å². The van der Waals surface area contributed by atoms with Crippen LogP contribution in [0.1, 0.15) is 71.6 Å². The zero-order valence-corrected chi connectivity index (χ0v) is 19.2. The minimum atomic E-state index is -1.46. The number of rotatable bonds is 2. The van der Waals surface area contributed by atoms with Crippen LogP contribution in [0.25, 0.3) is 0 Å². The van der Waals surface area contributed by atoms with Crippen molar-refractivity contribution in [3.05, 3.63) is 11.6 Å². The van der Waals surface area contributed by atoms with Crippen LogP contribution in [0.2, 0.25) is 0 Å². The summed E-state index contributed by atoms with van der Waals surface area (Å²) in [6.45, 7) is 4.07. The molecule has 0 bridgehead atoms. The molecule has 32 heavy (non-hydrogen) atoms. The van der Waals surface area contributed by atoms with Gasteiger partial charge in [-0.3, -0.25) is 14.4 Å². The van der Waals surface area contributed by atoms with Crippen LogP contribution in [0.4, 0.5) is 0 Å². The number of methoxy groups -OCH3 is 1. The number of hydrogen-bond acceptors (Lipinski definition) is 7. The molecule has 2 N–H and O–H groups in total. The number of ether oxygens (including phenoxy) is 2. The number of aliphatic hydroxyl groups excluding tert-OH is 1. The van der Waals surface area contributed by atoms with Crippen molar-refractivity contribution in [3.8, 4) is 0 Å². The summed E-state index contributed by atoms with van der Waals surface area (Å²) in [5, 5.41) is 24.1. The lowest BCUT2D eigenvalue weighted by Crippen LogP contribution is -2.72. The molecule has 5 rings (SSSR count). The van der Waals surface area contributed by atoms with Gasteiger partial charge in [0.05, 0.1) is 13.2 Å². The van der Waals surface area contributed by atoms with E-state index in [1.165, 1.54) is 7.11 Å². The Labute approximate surface area is 188 Å². The molecule has 4 fully saturated rings. The van der Waals surface area contributed by atoms with E-state index in [1.54, 1.807) is 6.08 Å². The largest absolute Gasteiger partial charge is 0.469 e. The van der Waals surface area contributed by atoms with Gasteiger partial charge in [0.25, 0.3) is 0 Å². The lowest BCUT2D eigenvalue weighted by atomic mass is 9.41. The zero-order valence-electron chi connectivity index (χ0n) is 19.2. The maximum atomic E-state index is 12.4. The van der Waals surface area contributed by atoms with E-state index in [9.17, 15) is 24.6 Å². The van der Waals surface area contributed by atoms with E-state index in [4.69, 9.17) is 9.47 Å². The van der Waals surface area contributed by atoms with Gasteiger partial charge in [-0.05, 0) is 62.4 Å². The van der Waals surface area contributed by atoms with Crippen LogP contribution in [0, 0.1) is 28.6 Å². The fourth-order valence-electron chi connectivity index (χ4n) is 8.56. The predicted octanol–water partition coefficient (Wildman–Crippen LogP) is 2.47. The number of ketones is 1. The van der Waals surface area contributed by atoms with E-state index in [0.29, 0.717) is 44.9 Å². The molecule has 7 nitrogen and oxygen atoms in total. The van der Waals surface area contributed by atoms with E-state index in [2.05, 4.69) is 6.92 Å². The van der Waals surface area contributed by atoms with Gasteiger partial charge in [-0.2, -0.15) is 0 Å². The molecule has 1 heterocycles. The lowest BCUT2D eigenvalue weighted by molar-refractivity contribution is -0.272. The fraction of sp³-hybridized carbons (Fsp3) is 0.800. The molecule has 0 aromatic carbocycles.